The molecule has 1 aliphatic rings. The maximum Gasteiger partial charge on any atom is 0.289 e. The number of aliphatic imine (C=N–C) groups is 1. The number of benzene rings is 1. The topological polar surface area (TPSA) is 115 Å². The molecule has 2 aromatic rings. The Kier molecular flexibility index (Phi) is 8.48. The summed E-state index contributed by atoms with van der Waals surface area (Å²) in [5, 5.41) is 7.37. The zero-order valence-corrected chi connectivity index (χ0v) is 19.3. The third-order valence-corrected chi connectivity index (χ3v) is 5.93. The maximum atomic E-state index is 12.6. The minimum atomic E-state index is -0.262. The zero-order chi connectivity index (χ0) is 22.2. The van der Waals surface area contributed by atoms with Crippen molar-refractivity contribution in [2.24, 2.45) is 10.7 Å². The average molecular weight is 445 g/mol. The van der Waals surface area contributed by atoms with E-state index in [0.29, 0.717) is 24.8 Å². The Balaban J connectivity index is 1.92. The van der Waals surface area contributed by atoms with Crippen molar-refractivity contribution in [3.05, 3.63) is 29.6 Å². The number of methoxy groups -OCH3 is 1. The number of carbonyl (C=O) groups is 1. The number of nitrogens with two attached hydrogens (primary N) is 1. The van der Waals surface area contributed by atoms with Crippen LogP contribution in [0.4, 0.5) is 5.82 Å². The van der Waals surface area contributed by atoms with E-state index in [1.165, 1.54) is 0 Å². The molecule has 0 aliphatic heterocycles. The molecule has 1 aromatic carbocycles. The summed E-state index contributed by atoms with van der Waals surface area (Å²) < 4.78 is 5.11. The first kappa shape index (κ1) is 23.3. The molecule has 1 amide bonds. The van der Waals surface area contributed by atoms with Crippen LogP contribution < -0.4 is 16.4 Å². The molecule has 8 nitrogen and oxygen atoms in total. The van der Waals surface area contributed by atoms with Crippen molar-refractivity contribution in [1.29, 1.82) is 0 Å². The number of amidine groups is 1. The summed E-state index contributed by atoms with van der Waals surface area (Å²) in [6.45, 7) is 2.93. The standard InChI is InChI=1S/C22H32N6O2S/c1-14-8-9-16-15(12-14)20(28-21(26-16)22(29)24-10-11-31-3)27-18-7-5-4-6-17(18)25-19(23)13-30-2/h8-9,12,17-18H,4-7,10-11,13H2,1-3H3,(H2,23,25)(H,24,29)(H,26,27,28)/t17-,18+/m1/s1. The number of rotatable bonds is 9. The number of hydrogen-bond acceptors (Lipinski definition) is 7. The molecule has 0 spiro atoms. The van der Waals surface area contributed by atoms with E-state index in [2.05, 4.69) is 20.6 Å². The number of hydrogen-bond donors (Lipinski definition) is 3. The van der Waals surface area contributed by atoms with E-state index in [1.54, 1.807) is 18.9 Å². The Labute approximate surface area is 187 Å². The van der Waals surface area contributed by atoms with E-state index >= 15 is 0 Å². The van der Waals surface area contributed by atoms with Gasteiger partial charge in [0.15, 0.2) is 0 Å². The minimum Gasteiger partial charge on any atom is -0.386 e. The van der Waals surface area contributed by atoms with Crippen LogP contribution >= 0.6 is 11.8 Å². The zero-order valence-electron chi connectivity index (χ0n) is 18.5. The van der Waals surface area contributed by atoms with Crippen molar-refractivity contribution < 1.29 is 9.53 Å². The van der Waals surface area contributed by atoms with Gasteiger partial charge in [-0.2, -0.15) is 11.8 Å². The molecule has 2 atom stereocenters. The second-order valence-corrected chi connectivity index (χ2v) is 8.81. The molecule has 0 saturated heterocycles. The lowest BCUT2D eigenvalue weighted by Gasteiger charge is -2.30. The number of aromatic nitrogens is 2. The van der Waals surface area contributed by atoms with Crippen molar-refractivity contribution >= 4 is 40.2 Å². The molecule has 0 bridgehead atoms. The highest BCUT2D eigenvalue weighted by atomic mass is 32.2. The Bertz CT molecular complexity index is 936. The fourth-order valence-electron chi connectivity index (χ4n) is 3.81. The van der Waals surface area contributed by atoms with Gasteiger partial charge >= 0.3 is 0 Å². The van der Waals surface area contributed by atoms with Crippen molar-refractivity contribution in [1.82, 2.24) is 15.3 Å². The number of ether oxygens (including phenoxy) is 1. The predicted octanol–water partition coefficient (Wildman–Crippen LogP) is 2.76. The van der Waals surface area contributed by atoms with Gasteiger partial charge in [0.1, 0.15) is 18.3 Å². The maximum absolute atomic E-state index is 12.6. The molecule has 168 valence electrons. The van der Waals surface area contributed by atoms with E-state index in [4.69, 9.17) is 15.5 Å². The first-order valence-electron chi connectivity index (χ1n) is 10.6. The second-order valence-electron chi connectivity index (χ2n) is 7.82. The number of fused-ring (bicyclic) bond motifs is 1. The van der Waals surface area contributed by atoms with Gasteiger partial charge in [0.2, 0.25) is 5.82 Å². The second kappa shape index (κ2) is 11.3. The molecule has 1 saturated carbocycles. The summed E-state index contributed by atoms with van der Waals surface area (Å²) in [7, 11) is 1.61. The van der Waals surface area contributed by atoms with Gasteiger partial charge in [-0.25, -0.2) is 9.97 Å². The Morgan fingerprint density at radius 1 is 1.32 bits per heavy atom. The fourth-order valence-corrected chi connectivity index (χ4v) is 4.11. The van der Waals surface area contributed by atoms with Crippen LogP contribution in [0.2, 0.25) is 0 Å². The van der Waals surface area contributed by atoms with Crippen LogP contribution in [0.5, 0.6) is 0 Å². The SMILES string of the molecule is COCC(N)=N[C@@H]1CCCC[C@@H]1Nc1nc(C(=O)NCCSC)nc2ccc(C)cc12. The number of thioether (sulfide) groups is 1. The molecule has 3 rings (SSSR count). The number of anilines is 1. The first-order valence-corrected chi connectivity index (χ1v) is 12.0. The van der Waals surface area contributed by atoms with Gasteiger partial charge in [-0.3, -0.25) is 9.79 Å². The highest BCUT2D eigenvalue weighted by Crippen LogP contribution is 2.28. The van der Waals surface area contributed by atoms with E-state index in [0.717, 1.165) is 47.9 Å². The fraction of sp³-hybridized carbons (Fsp3) is 0.545. The molecule has 31 heavy (non-hydrogen) atoms. The van der Waals surface area contributed by atoms with Gasteiger partial charge in [0.05, 0.1) is 11.6 Å². The number of aryl methyl sites for hydroxylation is 1. The molecule has 0 radical (unpaired) electrons. The van der Waals surface area contributed by atoms with Gasteiger partial charge in [0, 0.05) is 30.8 Å². The smallest absolute Gasteiger partial charge is 0.289 e. The van der Waals surface area contributed by atoms with Gasteiger partial charge in [-0.1, -0.05) is 24.5 Å². The molecule has 0 unspecified atom stereocenters. The summed E-state index contributed by atoms with van der Waals surface area (Å²) in [5.41, 5.74) is 7.87. The van der Waals surface area contributed by atoms with E-state index in [-0.39, 0.29) is 23.8 Å². The monoisotopic (exact) mass is 444 g/mol. The lowest BCUT2D eigenvalue weighted by molar-refractivity contribution is 0.0946. The molecule has 1 heterocycles. The minimum absolute atomic E-state index is 0.0394. The van der Waals surface area contributed by atoms with Crippen molar-refractivity contribution in [2.75, 3.05) is 37.6 Å². The van der Waals surface area contributed by atoms with Crippen molar-refractivity contribution in [2.45, 2.75) is 44.7 Å². The molecule has 1 aromatic heterocycles. The quantitative estimate of drug-likeness (QED) is 0.309. The number of nitrogens with zero attached hydrogens (tertiary/aromatic N) is 3. The van der Waals surface area contributed by atoms with E-state index in [1.807, 2.05) is 31.4 Å². The largest absolute Gasteiger partial charge is 0.386 e. The predicted molar refractivity (Wildman–Crippen MR) is 128 cm³/mol. The van der Waals surface area contributed by atoms with Gasteiger partial charge in [-0.15, -0.1) is 0 Å². The van der Waals surface area contributed by atoms with Gasteiger partial charge in [-0.05, 0) is 38.2 Å². The van der Waals surface area contributed by atoms with Crippen LogP contribution in [0.1, 0.15) is 41.9 Å². The first-order chi connectivity index (χ1) is 15.0. The summed E-state index contributed by atoms with van der Waals surface area (Å²) in [4.78, 5) is 26.4. The van der Waals surface area contributed by atoms with Crippen LogP contribution in [0.15, 0.2) is 23.2 Å². The summed E-state index contributed by atoms with van der Waals surface area (Å²) in [6.07, 6.45) is 6.13. The van der Waals surface area contributed by atoms with Gasteiger partial charge < -0.3 is 21.1 Å². The molecular weight excluding hydrogens is 412 g/mol. The van der Waals surface area contributed by atoms with Crippen LogP contribution in [-0.4, -0.2) is 66.1 Å². The normalized spacial score (nSPS) is 19.4. The number of nitrogens with one attached hydrogen (secondary N) is 2. The summed E-state index contributed by atoms with van der Waals surface area (Å²) in [6, 6.07) is 6.09. The van der Waals surface area contributed by atoms with E-state index < -0.39 is 0 Å². The van der Waals surface area contributed by atoms with Crippen molar-refractivity contribution in [3.63, 3.8) is 0 Å². The lowest BCUT2D eigenvalue weighted by atomic mass is 9.90. The van der Waals surface area contributed by atoms with Crippen LogP contribution in [-0.2, 0) is 4.74 Å². The molecule has 1 fully saturated rings. The van der Waals surface area contributed by atoms with Crippen LogP contribution in [0.3, 0.4) is 0 Å². The third-order valence-electron chi connectivity index (χ3n) is 5.32. The average Bonchev–Trinajstić information content (AvgIpc) is 2.75. The van der Waals surface area contributed by atoms with E-state index in [9.17, 15) is 4.79 Å². The Morgan fingerprint density at radius 3 is 2.90 bits per heavy atom. The Morgan fingerprint density at radius 2 is 2.13 bits per heavy atom. The third kappa shape index (κ3) is 6.30. The summed E-state index contributed by atoms with van der Waals surface area (Å²) in [5.74, 6) is 1.92. The van der Waals surface area contributed by atoms with Crippen LogP contribution in [0.25, 0.3) is 10.9 Å². The Hall–Kier alpha value is -2.39. The van der Waals surface area contributed by atoms with Gasteiger partial charge in [0.25, 0.3) is 5.91 Å². The number of carbonyl (C=O) groups excluding carboxylic acids is 1. The van der Waals surface area contributed by atoms with Crippen LogP contribution in [0, 0.1) is 6.92 Å². The highest BCUT2D eigenvalue weighted by Gasteiger charge is 2.26. The lowest BCUT2D eigenvalue weighted by Crippen LogP contribution is -2.38. The molecule has 4 N–H and O–H groups in total. The van der Waals surface area contributed by atoms with Crippen molar-refractivity contribution in [3.8, 4) is 0 Å². The molecular formula is C22H32N6O2S. The molecule has 9 heteroatoms. The highest BCUT2D eigenvalue weighted by molar-refractivity contribution is 7.98. The molecule has 1 aliphatic carbocycles. The summed E-state index contributed by atoms with van der Waals surface area (Å²) >= 11 is 1.68. The number of amides is 1.